The van der Waals surface area contributed by atoms with Crippen LogP contribution in [0.4, 0.5) is 0 Å². The third-order valence-electron chi connectivity index (χ3n) is 3.22. The van der Waals surface area contributed by atoms with Gasteiger partial charge in [-0.05, 0) is 30.6 Å². The van der Waals surface area contributed by atoms with Gasteiger partial charge in [-0.3, -0.25) is 0 Å². The van der Waals surface area contributed by atoms with Crippen molar-refractivity contribution in [3.8, 4) is 0 Å². The second-order valence-electron chi connectivity index (χ2n) is 4.28. The second-order valence-corrected chi connectivity index (χ2v) is 7.36. The molecule has 0 aromatic rings. The quantitative estimate of drug-likeness (QED) is 0.511. The Morgan fingerprint density at radius 3 is 2.36 bits per heavy atom. The molecule has 0 heterocycles. The van der Waals surface area contributed by atoms with Crippen molar-refractivity contribution < 1.29 is 0 Å². The van der Waals surface area contributed by atoms with Crippen molar-refractivity contribution in [3.63, 3.8) is 0 Å². The lowest BCUT2D eigenvalue weighted by Gasteiger charge is -2.25. The van der Waals surface area contributed by atoms with Gasteiger partial charge < -0.3 is 0 Å². The average molecular weight is 274 g/mol. The van der Waals surface area contributed by atoms with Gasteiger partial charge in [0.05, 0.1) is 0 Å². The smallest absolute Gasteiger partial charge is 0.123 e. The average Bonchev–Trinajstić information content (AvgIpc) is 2.59. The van der Waals surface area contributed by atoms with Crippen LogP contribution < -0.4 is 0 Å². The Labute approximate surface area is 105 Å². The molecule has 0 aromatic carbocycles. The summed E-state index contributed by atoms with van der Waals surface area (Å²) in [6, 6.07) is 0. The molecular weight excluding hydrogens is 262 g/mol. The van der Waals surface area contributed by atoms with Gasteiger partial charge in [-0.1, -0.05) is 47.0 Å². The van der Waals surface area contributed by atoms with Crippen molar-refractivity contribution in [2.45, 2.75) is 28.4 Å². The van der Waals surface area contributed by atoms with E-state index in [1.54, 1.807) is 0 Å². The zero-order chi connectivity index (χ0) is 10.3. The third-order valence-corrected chi connectivity index (χ3v) is 4.16. The predicted molar refractivity (Wildman–Crippen MR) is 63.4 cm³/mol. The minimum absolute atomic E-state index is 0.0116. The lowest BCUT2D eigenvalue weighted by atomic mass is 9.89. The summed E-state index contributed by atoms with van der Waals surface area (Å²) < 4.78 is -1.21. The fraction of sp³-hybridized carbons (Fsp3) is 0.800. The van der Waals surface area contributed by atoms with Gasteiger partial charge >= 0.3 is 0 Å². The maximum atomic E-state index is 6.28. The fourth-order valence-corrected chi connectivity index (χ4v) is 3.87. The van der Waals surface area contributed by atoms with E-state index in [2.05, 4.69) is 12.2 Å². The van der Waals surface area contributed by atoms with E-state index >= 15 is 0 Å². The number of halogens is 4. The summed E-state index contributed by atoms with van der Waals surface area (Å²) in [4.78, 5) is 0. The van der Waals surface area contributed by atoms with Crippen LogP contribution >= 0.6 is 46.4 Å². The fourth-order valence-electron chi connectivity index (χ4n) is 2.61. The van der Waals surface area contributed by atoms with Crippen molar-refractivity contribution >= 4 is 46.4 Å². The molecular formula is C10H12Cl4. The van der Waals surface area contributed by atoms with Crippen LogP contribution in [0.1, 0.15) is 19.3 Å². The van der Waals surface area contributed by atoms with Gasteiger partial charge in [-0.15, -0.1) is 11.6 Å². The van der Waals surface area contributed by atoms with Crippen molar-refractivity contribution in [2.75, 3.05) is 0 Å². The minimum atomic E-state index is -1.21. The van der Waals surface area contributed by atoms with Crippen LogP contribution in [0, 0.1) is 17.8 Å². The molecule has 0 nitrogen and oxygen atoms in total. The van der Waals surface area contributed by atoms with Gasteiger partial charge in [-0.25, -0.2) is 0 Å². The van der Waals surface area contributed by atoms with E-state index < -0.39 is 3.79 Å². The number of allylic oxidation sites excluding steroid dienone is 2. The molecule has 4 unspecified atom stereocenters. The van der Waals surface area contributed by atoms with E-state index in [0.29, 0.717) is 18.3 Å². The van der Waals surface area contributed by atoms with Gasteiger partial charge in [0.15, 0.2) is 3.79 Å². The van der Waals surface area contributed by atoms with Gasteiger partial charge in [0.25, 0.3) is 0 Å². The molecule has 0 amide bonds. The van der Waals surface area contributed by atoms with Gasteiger partial charge in [-0.2, -0.15) is 0 Å². The van der Waals surface area contributed by atoms with Crippen LogP contribution in [0.5, 0.6) is 0 Å². The van der Waals surface area contributed by atoms with Gasteiger partial charge in [0, 0.05) is 11.8 Å². The molecule has 0 aliphatic heterocycles. The van der Waals surface area contributed by atoms with Gasteiger partial charge in [0.2, 0.25) is 0 Å². The largest absolute Gasteiger partial charge is 0.192 e. The Balaban J connectivity index is 1.93. The van der Waals surface area contributed by atoms with E-state index in [1.165, 1.54) is 6.42 Å². The zero-order valence-electron chi connectivity index (χ0n) is 7.60. The van der Waals surface area contributed by atoms with Crippen LogP contribution in [0.15, 0.2) is 12.2 Å². The van der Waals surface area contributed by atoms with Crippen molar-refractivity contribution in [1.82, 2.24) is 0 Å². The molecule has 1 fully saturated rings. The SMILES string of the molecule is ClC(CC(Cl)(Cl)Cl)C1CC2C=CC1C2. The van der Waals surface area contributed by atoms with Crippen molar-refractivity contribution in [3.05, 3.63) is 12.2 Å². The summed E-state index contributed by atoms with van der Waals surface area (Å²) in [7, 11) is 0. The normalized spacial score (nSPS) is 37.9. The lowest BCUT2D eigenvalue weighted by molar-refractivity contribution is 0.413. The first-order chi connectivity index (χ1) is 6.46. The first kappa shape index (κ1) is 11.4. The molecule has 14 heavy (non-hydrogen) atoms. The van der Waals surface area contributed by atoms with Crippen LogP contribution in [-0.4, -0.2) is 9.17 Å². The Morgan fingerprint density at radius 1 is 1.21 bits per heavy atom. The van der Waals surface area contributed by atoms with E-state index in [-0.39, 0.29) is 5.38 Å². The highest BCUT2D eigenvalue weighted by molar-refractivity contribution is 6.67. The Kier molecular flexibility index (Phi) is 3.29. The third kappa shape index (κ3) is 2.52. The number of fused-ring (bicyclic) bond motifs is 2. The predicted octanol–water partition coefficient (Wildman–Crippen LogP) is 4.57. The summed E-state index contributed by atoms with van der Waals surface area (Å²) in [5, 5.41) is -0.0116. The van der Waals surface area contributed by atoms with Gasteiger partial charge in [0.1, 0.15) is 0 Å². The minimum Gasteiger partial charge on any atom is -0.123 e. The Bertz CT molecular complexity index is 243. The Morgan fingerprint density at radius 2 is 1.93 bits per heavy atom. The maximum absolute atomic E-state index is 6.28. The molecule has 2 aliphatic carbocycles. The topological polar surface area (TPSA) is 0 Å². The molecule has 1 saturated carbocycles. The summed E-state index contributed by atoms with van der Waals surface area (Å²) in [5.41, 5.74) is 0. The highest BCUT2D eigenvalue weighted by Gasteiger charge is 2.41. The summed E-state index contributed by atoms with van der Waals surface area (Å²) in [6.07, 6.45) is 7.41. The summed E-state index contributed by atoms with van der Waals surface area (Å²) >= 11 is 23.5. The molecule has 80 valence electrons. The second kappa shape index (κ2) is 4.05. The van der Waals surface area contributed by atoms with Crippen LogP contribution in [0.25, 0.3) is 0 Å². The molecule has 0 N–H and O–H groups in total. The number of hydrogen-bond acceptors (Lipinski definition) is 0. The molecule has 4 heteroatoms. The maximum Gasteiger partial charge on any atom is 0.192 e. The summed E-state index contributed by atoms with van der Waals surface area (Å²) in [6.45, 7) is 0. The molecule has 0 saturated heterocycles. The van der Waals surface area contributed by atoms with E-state index in [9.17, 15) is 0 Å². The number of alkyl halides is 4. The first-order valence-electron chi connectivity index (χ1n) is 4.85. The zero-order valence-corrected chi connectivity index (χ0v) is 10.6. The lowest BCUT2D eigenvalue weighted by Crippen LogP contribution is -2.24. The highest BCUT2D eigenvalue weighted by atomic mass is 35.6. The van der Waals surface area contributed by atoms with E-state index in [1.807, 2.05) is 0 Å². The number of rotatable bonds is 2. The highest BCUT2D eigenvalue weighted by Crippen LogP contribution is 2.48. The Hall–Kier alpha value is 0.900. The molecule has 2 bridgehead atoms. The van der Waals surface area contributed by atoms with E-state index in [0.717, 1.165) is 12.3 Å². The van der Waals surface area contributed by atoms with Crippen LogP contribution in [0.3, 0.4) is 0 Å². The molecule has 4 atom stereocenters. The molecule has 0 spiro atoms. The van der Waals surface area contributed by atoms with Crippen molar-refractivity contribution in [1.29, 1.82) is 0 Å². The molecule has 2 rings (SSSR count). The first-order valence-corrected chi connectivity index (χ1v) is 6.42. The van der Waals surface area contributed by atoms with E-state index in [4.69, 9.17) is 46.4 Å². The molecule has 0 aromatic heterocycles. The monoisotopic (exact) mass is 272 g/mol. The number of hydrogen-bond donors (Lipinski definition) is 0. The van der Waals surface area contributed by atoms with Crippen LogP contribution in [0.2, 0.25) is 0 Å². The van der Waals surface area contributed by atoms with Crippen molar-refractivity contribution in [2.24, 2.45) is 17.8 Å². The molecule has 2 aliphatic rings. The standard InChI is InChI=1S/C10H12Cl4/c11-9(5-10(12,13)14)8-4-6-1-2-7(8)3-6/h1-2,6-9H,3-5H2. The summed E-state index contributed by atoms with van der Waals surface area (Å²) in [5.74, 6) is 1.85. The van der Waals surface area contributed by atoms with Crippen LogP contribution in [-0.2, 0) is 0 Å². The molecule has 0 radical (unpaired) electrons.